The number of nitrogens with zero attached hydrogens (tertiary/aromatic N) is 2. The van der Waals surface area contributed by atoms with Gasteiger partial charge in [0.25, 0.3) is 0 Å². The summed E-state index contributed by atoms with van der Waals surface area (Å²) in [6.45, 7) is 5.99. The van der Waals surface area contributed by atoms with E-state index in [1.54, 1.807) is 0 Å². The van der Waals surface area contributed by atoms with Crippen molar-refractivity contribution in [3.8, 4) is 11.5 Å². The normalized spacial score (nSPS) is 11.4. The Balaban J connectivity index is 1.48. The summed E-state index contributed by atoms with van der Waals surface area (Å²) in [5.74, 6) is 1.82. The zero-order chi connectivity index (χ0) is 25.3. The molecule has 0 saturated carbocycles. The first-order chi connectivity index (χ1) is 17.8. The average Bonchev–Trinajstić information content (AvgIpc) is 2.92. The molecule has 3 aromatic carbocycles. The lowest BCUT2D eigenvalue weighted by molar-refractivity contribution is 0.305. The molecule has 0 spiro atoms. The standard InChI is InChI=1S/C32H40N2O2/c1-3-5-7-9-22-35-31-18-14-27(15-19-31)25-33-29-12-11-13-30(24-29)34-26-28-16-20-32(21-17-28)36-23-10-8-6-4-2/h11-21,24-26H,3-10,22-23H2,1-2H3. The van der Waals surface area contributed by atoms with Crippen molar-refractivity contribution in [2.24, 2.45) is 9.98 Å². The van der Waals surface area contributed by atoms with Crippen LogP contribution in [0.15, 0.2) is 82.8 Å². The molecule has 0 saturated heterocycles. The lowest BCUT2D eigenvalue weighted by Crippen LogP contribution is -1.97. The molecule has 190 valence electrons. The summed E-state index contributed by atoms with van der Waals surface area (Å²) in [5.41, 5.74) is 3.81. The molecule has 0 atom stereocenters. The largest absolute Gasteiger partial charge is 0.494 e. The molecule has 4 heteroatoms. The fraction of sp³-hybridized carbons (Fsp3) is 0.375. The van der Waals surface area contributed by atoms with Crippen molar-refractivity contribution >= 4 is 23.8 Å². The van der Waals surface area contributed by atoms with Crippen molar-refractivity contribution in [1.29, 1.82) is 0 Å². The van der Waals surface area contributed by atoms with Crippen LogP contribution in [0, 0.1) is 0 Å². The summed E-state index contributed by atoms with van der Waals surface area (Å²) in [5, 5.41) is 0. The van der Waals surface area contributed by atoms with Crippen molar-refractivity contribution in [2.75, 3.05) is 13.2 Å². The van der Waals surface area contributed by atoms with E-state index in [0.717, 1.165) is 60.1 Å². The van der Waals surface area contributed by atoms with Crippen LogP contribution in [0.5, 0.6) is 11.5 Å². The minimum absolute atomic E-state index is 0.776. The van der Waals surface area contributed by atoms with Gasteiger partial charge in [-0.05, 0) is 90.7 Å². The molecule has 0 bridgehead atoms. The van der Waals surface area contributed by atoms with Gasteiger partial charge in [-0.2, -0.15) is 0 Å². The average molecular weight is 485 g/mol. The molecule has 0 heterocycles. The Morgan fingerprint density at radius 1 is 0.556 bits per heavy atom. The number of rotatable bonds is 16. The first-order valence-electron chi connectivity index (χ1n) is 13.4. The van der Waals surface area contributed by atoms with E-state index < -0.39 is 0 Å². The van der Waals surface area contributed by atoms with E-state index in [9.17, 15) is 0 Å². The van der Waals surface area contributed by atoms with Crippen LogP contribution in [0.1, 0.15) is 76.3 Å². The van der Waals surface area contributed by atoms with E-state index in [1.165, 1.54) is 38.5 Å². The Kier molecular flexibility index (Phi) is 12.3. The quantitative estimate of drug-likeness (QED) is 0.150. The highest BCUT2D eigenvalue weighted by Gasteiger charge is 1.98. The third kappa shape index (κ3) is 10.5. The van der Waals surface area contributed by atoms with E-state index in [0.29, 0.717) is 0 Å². The first kappa shape index (κ1) is 27.2. The minimum atomic E-state index is 0.776. The second-order valence-electron chi connectivity index (χ2n) is 8.99. The van der Waals surface area contributed by atoms with Crippen LogP contribution in [-0.4, -0.2) is 25.6 Å². The van der Waals surface area contributed by atoms with E-state index in [4.69, 9.17) is 9.47 Å². The summed E-state index contributed by atoms with van der Waals surface area (Å²) in [7, 11) is 0. The van der Waals surface area contributed by atoms with Crippen LogP contribution in [0.4, 0.5) is 11.4 Å². The number of benzene rings is 3. The maximum absolute atomic E-state index is 5.82. The lowest BCUT2D eigenvalue weighted by Gasteiger charge is -2.06. The smallest absolute Gasteiger partial charge is 0.119 e. The Morgan fingerprint density at radius 3 is 1.42 bits per heavy atom. The van der Waals surface area contributed by atoms with Gasteiger partial charge in [-0.25, -0.2) is 0 Å². The Bertz CT molecular complexity index is 974. The molecule has 0 aliphatic heterocycles. The lowest BCUT2D eigenvalue weighted by atomic mass is 10.2. The zero-order valence-electron chi connectivity index (χ0n) is 21.9. The van der Waals surface area contributed by atoms with Crippen LogP contribution in [0.3, 0.4) is 0 Å². The number of aliphatic imine (C=N–C) groups is 2. The molecule has 3 rings (SSSR count). The number of unbranched alkanes of at least 4 members (excludes halogenated alkanes) is 6. The fourth-order valence-electron chi connectivity index (χ4n) is 3.69. The van der Waals surface area contributed by atoms with Gasteiger partial charge in [0.1, 0.15) is 11.5 Å². The number of hydrogen-bond donors (Lipinski definition) is 0. The van der Waals surface area contributed by atoms with Gasteiger partial charge in [0.05, 0.1) is 24.6 Å². The molecular formula is C32H40N2O2. The third-order valence-electron chi connectivity index (χ3n) is 5.85. The van der Waals surface area contributed by atoms with Crippen LogP contribution in [0.25, 0.3) is 0 Å². The molecule has 3 aromatic rings. The first-order valence-corrected chi connectivity index (χ1v) is 13.4. The fourth-order valence-corrected chi connectivity index (χ4v) is 3.69. The van der Waals surface area contributed by atoms with Crippen LogP contribution in [-0.2, 0) is 0 Å². The summed E-state index contributed by atoms with van der Waals surface area (Å²) in [6.07, 6.45) is 13.4. The summed E-state index contributed by atoms with van der Waals surface area (Å²) < 4.78 is 11.6. The van der Waals surface area contributed by atoms with Gasteiger partial charge in [0.2, 0.25) is 0 Å². The Labute approximate surface area is 217 Å². The Hall–Kier alpha value is -3.40. The van der Waals surface area contributed by atoms with Gasteiger partial charge in [-0.15, -0.1) is 0 Å². The van der Waals surface area contributed by atoms with Gasteiger partial charge < -0.3 is 9.47 Å². The molecule has 0 N–H and O–H groups in total. The molecule has 0 radical (unpaired) electrons. The SMILES string of the molecule is CCCCCCOc1ccc(C=Nc2cccc(N=Cc3ccc(OCCCCCC)cc3)c2)cc1. The predicted octanol–water partition coefficient (Wildman–Crippen LogP) is 9.11. The van der Waals surface area contributed by atoms with E-state index in [1.807, 2.05) is 85.2 Å². The molecule has 0 amide bonds. The predicted molar refractivity (Wildman–Crippen MR) is 153 cm³/mol. The third-order valence-corrected chi connectivity index (χ3v) is 5.85. The highest BCUT2D eigenvalue weighted by molar-refractivity contribution is 5.84. The zero-order valence-corrected chi connectivity index (χ0v) is 21.9. The van der Waals surface area contributed by atoms with Crippen molar-refractivity contribution in [3.05, 3.63) is 83.9 Å². The molecule has 0 unspecified atom stereocenters. The Morgan fingerprint density at radius 2 is 1.00 bits per heavy atom. The van der Waals surface area contributed by atoms with Crippen LogP contribution >= 0.6 is 0 Å². The molecule has 0 aromatic heterocycles. The van der Waals surface area contributed by atoms with Gasteiger partial charge in [-0.1, -0.05) is 58.4 Å². The monoisotopic (exact) mass is 484 g/mol. The molecule has 0 aliphatic rings. The van der Waals surface area contributed by atoms with Crippen molar-refractivity contribution in [3.63, 3.8) is 0 Å². The second-order valence-corrected chi connectivity index (χ2v) is 8.99. The molecule has 4 nitrogen and oxygen atoms in total. The minimum Gasteiger partial charge on any atom is -0.494 e. The van der Waals surface area contributed by atoms with Crippen LogP contribution < -0.4 is 9.47 Å². The summed E-state index contributed by atoms with van der Waals surface area (Å²) in [6, 6.07) is 24.1. The van der Waals surface area contributed by atoms with Crippen molar-refractivity contribution in [2.45, 2.75) is 65.2 Å². The van der Waals surface area contributed by atoms with Crippen molar-refractivity contribution in [1.82, 2.24) is 0 Å². The maximum atomic E-state index is 5.82. The molecule has 36 heavy (non-hydrogen) atoms. The van der Waals surface area contributed by atoms with Crippen LogP contribution in [0.2, 0.25) is 0 Å². The highest BCUT2D eigenvalue weighted by atomic mass is 16.5. The molecule has 0 aliphatic carbocycles. The molecule has 0 fully saturated rings. The van der Waals surface area contributed by atoms with E-state index >= 15 is 0 Å². The van der Waals surface area contributed by atoms with E-state index in [2.05, 4.69) is 23.8 Å². The van der Waals surface area contributed by atoms with Gasteiger partial charge in [0.15, 0.2) is 0 Å². The maximum Gasteiger partial charge on any atom is 0.119 e. The number of hydrogen-bond acceptors (Lipinski definition) is 4. The van der Waals surface area contributed by atoms with Crippen molar-refractivity contribution < 1.29 is 9.47 Å². The summed E-state index contributed by atoms with van der Waals surface area (Å²) in [4.78, 5) is 9.24. The molecular weight excluding hydrogens is 444 g/mol. The summed E-state index contributed by atoms with van der Waals surface area (Å²) >= 11 is 0. The second kappa shape index (κ2) is 16.3. The van der Waals surface area contributed by atoms with Gasteiger partial charge >= 0.3 is 0 Å². The highest BCUT2D eigenvalue weighted by Crippen LogP contribution is 2.21. The van der Waals surface area contributed by atoms with Gasteiger partial charge in [-0.3, -0.25) is 9.98 Å². The topological polar surface area (TPSA) is 43.2 Å². The van der Waals surface area contributed by atoms with Gasteiger partial charge in [0, 0.05) is 12.4 Å². The van der Waals surface area contributed by atoms with E-state index in [-0.39, 0.29) is 0 Å². The number of ether oxygens (including phenoxy) is 2.